The summed E-state index contributed by atoms with van der Waals surface area (Å²) in [6.07, 6.45) is -3.26. The summed E-state index contributed by atoms with van der Waals surface area (Å²) in [6, 6.07) is 11.0. The predicted molar refractivity (Wildman–Crippen MR) is 101 cm³/mol. The van der Waals surface area contributed by atoms with Gasteiger partial charge in [-0.3, -0.25) is 9.59 Å². The molecule has 5 nitrogen and oxygen atoms in total. The molecule has 0 fully saturated rings. The first-order chi connectivity index (χ1) is 13.3. The van der Waals surface area contributed by atoms with Gasteiger partial charge in [-0.1, -0.05) is 12.1 Å². The van der Waals surface area contributed by atoms with Gasteiger partial charge in [0, 0.05) is 24.2 Å². The minimum absolute atomic E-state index is 0.0707. The second-order valence-electron chi connectivity index (χ2n) is 6.21. The summed E-state index contributed by atoms with van der Waals surface area (Å²) in [5.41, 5.74) is 0.812. The number of hydrogen-bond acceptors (Lipinski definition) is 3. The second kappa shape index (κ2) is 9.89. The Morgan fingerprint density at radius 2 is 1.61 bits per heavy atom. The minimum Gasteiger partial charge on any atom is -0.348 e. The standard InChI is InChI=1S/C20H22F3N3O2/c1-24-12-2-3-18(27)26-17-10-4-14(5-11-17)13-25-19(28)15-6-8-16(9-7-15)20(21,22)23/h4-11,24H,2-3,12-13H2,1H3,(H,25,28)(H,26,27). The van der Waals surface area contributed by atoms with Crippen molar-refractivity contribution in [3.8, 4) is 0 Å². The molecule has 0 aromatic heterocycles. The third-order valence-corrected chi connectivity index (χ3v) is 4.00. The number of amides is 2. The van der Waals surface area contributed by atoms with Crippen molar-refractivity contribution in [1.82, 2.24) is 10.6 Å². The van der Waals surface area contributed by atoms with Crippen LogP contribution < -0.4 is 16.0 Å². The van der Waals surface area contributed by atoms with E-state index in [1.165, 1.54) is 0 Å². The molecule has 0 atom stereocenters. The Morgan fingerprint density at radius 3 is 2.18 bits per heavy atom. The van der Waals surface area contributed by atoms with Crippen LogP contribution in [-0.2, 0) is 17.5 Å². The van der Waals surface area contributed by atoms with Crippen molar-refractivity contribution in [2.75, 3.05) is 18.9 Å². The van der Waals surface area contributed by atoms with E-state index in [9.17, 15) is 22.8 Å². The van der Waals surface area contributed by atoms with Crippen LogP contribution in [0.25, 0.3) is 0 Å². The lowest BCUT2D eigenvalue weighted by Crippen LogP contribution is -2.23. The summed E-state index contributed by atoms with van der Waals surface area (Å²) in [6.45, 7) is 0.987. The van der Waals surface area contributed by atoms with Gasteiger partial charge in [-0.05, 0) is 62.0 Å². The molecule has 0 saturated carbocycles. The molecule has 2 rings (SSSR count). The molecular formula is C20H22F3N3O2. The number of anilines is 1. The molecule has 0 radical (unpaired) electrons. The van der Waals surface area contributed by atoms with Crippen LogP contribution in [0.2, 0.25) is 0 Å². The smallest absolute Gasteiger partial charge is 0.348 e. The van der Waals surface area contributed by atoms with Crippen molar-refractivity contribution in [2.45, 2.75) is 25.6 Å². The number of benzene rings is 2. The summed E-state index contributed by atoms with van der Waals surface area (Å²) in [7, 11) is 1.83. The van der Waals surface area contributed by atoms with Gasteiger partial charge in [-0.15, -0.1) is 0 Å². The molecule has 2 aromatic carbocycles. The number of nitrogens with one attached hydrogen (secondary N) is 3. The fourth-order valence-corrected chi connectivity index (χ4v) is 2.45. The summed E-state index contributed by atoms with van der Waals surface area (Å²) in [5.74, 6) is -0.533. The number of rotatable bonds is 8. The van der Waals surface area contributed by atoms with E-state index in [1.807, 2.05) is 7.05 Å². The van der Waals surface area contributed by atoms with Crippen molar-refractivity contribution in [2.24, 2.45) is 0 Å². The topological polar surface area (TPSA) is 70.2 Å². The molecule has 2 aromatic rings. The first-order valence-corrected chi connectivity index (χ1v) is 8.78. The van der Waals surface area contributed by atoms with E-state index in [0.29, 0.717) is 12.1 Å². The lowest BCUT2D eigenvalue weighted by molar-refractivity contribution is -0.137. The highest BCUT2D eigenvalue weighted by atomic mass is 19.4. The quantitative estimate of drug-likeness (QED) is 0.601. The van der Waals surface area contributed by atoms with Gasteiger partial charge in [-0.25, -0.2) is 0 Å². The molecule has 0 aliphatic carbocycles. The maximum absolute atomic E-state index is 12.5. The van der Waals surface area contributed by atoms with Crippen molar-refractivity contribution < 1.29 is 22.8 Å². The summed E-state index contributed by atoms with van der Waals surface area (Å²) >= 11 is 0. The third kappa shape index (κ3) is 6.70. The highest BCUT2D eigenvalue weighted by Crippen LogP contribution is 2.29. The maximum Gasteiger partial charge on any atom is 0.416 e. The van der Waals surface area contributed by atoms with Crippen LogP contribution in [0.15, 0.2) is 48.5 Å². The van der Waals surface area contributed by atoms with Crippen molar-refractivity contribution in [3.63, 3.8) is 0 Å². The molecule has 0 unspecified atom stereocenters. The van der Waals surface area contributed by atoms with E-state index in [2.05, 4.69) is 16.0 Å². The van der Waals surface area contributed by atoms with Gasteiger partial charge in [0.2, 0.25) is 5.91 Å². The molecule has 8 heteroatoms. The van der Waals surface area contributed by atoms with Crippen LogP contribution in [0, 0.1) is 0 Å². The molecule has 150 valence electrons. The Balaban J connectivity index is 1.84. The first kappa shape index (κ1) is 21.4. The van der Waals surface area contributed by atoms with Crippen molar-refractivity contribution in [1.29, 1.82) is 0 Å². The van der Waals surface area contributed by atoms with Crippen LogP contribution in [0.3, 0.4) is 0 Å². The number of carbonyl (C=O) groups is 2. The molecule has 2 amide bonds. The van der Waals surface area contributed by atoms with Gasteiger partial charge in [0.25, 0.3) is 5.91 Å². The zero-order valence-electron chi connectivity index (χ0n) is 15.4. The summed E-state index contributed by atoms with van der Waals surface area (Å²) in [5, 5.41) is 8.42. The molecular weight excluding hydrogens is 371 g/mol. The van der Waals surface area contributed by atoms with E-state index >= 15 is 0 Å². The van der Waals surface area contributed by atoms with E-state index < -0.39 is 17.6 Å². The van der Waals surface area contributed by atoms with Crippen molar-refractivity contribution >= 4 is 17.5 Å². The maximum atomic E-state index is 12.5. The molecule has 0 aliphatic heterocycles. The van der Waals surface area contributed by atoms with E-state index in [4.69, 9.17) is 0 Å². The Morgan fingerprint density at radius 1 is 0.964 bits per heavy atom. The molecule has 0 saturated heterocycles. The van der Waals surface area contributed by atoms with Gasteiger partial charge in [0.15, 0.2) is 0 Å². The largest absolute Gasteiger partial charge is 0.416 e. The average Bonchev–Trinajstić information content (AvgIpc) is 2.67. The van der Waals surface area contributed by atoms with Crippen LogP contribution in [0.4, 0.5) is 18.9 Å². The monoisotopic (exact) mass is 393 g/mol. The number of alkyl halides is 3. The lowest BCUT2D eigenvalue weighted by Gasteiger charge is -2.09. The normalized spacial score (nSPS) is 11.1. The Bertz CT molecular complexity index is 788. The van der Waals surface area contributed by atoms with Crippen LogP contribution in [0.1, 0.15) is 34.3 Å². The molecule has 28 heavy (non-hydrogen) atoms. The van der Waals surface area contributed by atoms with Gasteiger partial charge >= 0.3 is 6.18 Å². The van der Waals surface area contributed by atoms with Crippen molar-refractivity contribution in [3.05, 3.63) is 65.2 Å². The second-order valence-corrected chi connectivity index (χ2v) is 6.21. The Labute approximate surface area is 161 Å². The van der Waals surface area contributed by atoms with E-state index in [1.54, 1.807) is 24.3 Å². The molecule has 0 spiro atoms. The zero-order valence-corrected chi connectivity index (χ0v) is 15.4. The van der Waals surface area contributed by atoms with Crippen LogP contribution in [-0.4, -0.2) is 25.4 Å². The number of halogens is 3. The van der Waals surface area contributed by atoms with Gasteiger partial charge < -0.3 is 16.0 Å². The van der Waals surface area contributed by atoms with Crippen LogP contribution in [0.5, 0.6) is 0 Å². The number of hydrogen-bond donors (Lipinski definition) is 3. The third-order valence-electron chi connectivity index (χ3n) is 4.00. The van der Waals surface area contributed by atoms with E-state index in [0.717, 1.165) is 42.8 Å². The highest BCUT2D eigenvalue weighted by molar-refractivity contribution is 5.94. The van der Waals surface area contributed by atoms with Gasteiger partial charge in [-0.2, -0.15) is 13.2 Å². The molecule has 0 bridgehead atoms. The summed E-state index contributed by atoms with van der Waals surface area (Å²) in [4.78, 5) is 23.8. The first-order valence-electron chi connectivity index (χ1n) is 8.78. The zero-order chi connectivity index (χ0) is 20.6. The minimum atomic E-state index is -4.43. The van der Waals surface area contributed by atoms with E-state index in [-0.39, 0.29) is 18.0 Å². The molecule has 3 N–H and O–H groups in total. The van der Waals surface area contributed by atoms with Crippen LogP contribution >= 0.6 is 0 Å². The van der Waals surface area contributed by atoms with Gasteiger partial charge in [0.05, 0.1) is 5.56 Å². The Hall–Kier alpha value is -2.87. The summed E-state index contributed by atoms with van der Waals surface area (Å²) < 4.78 is 37.6. The average molecular weight is 393 g/mol. The van der Waals surface area contributed by atoms with Gasteiger partial charge in [0.1, 0.15) is 0 Å². The molecule has 0 aliphatic rings. The Kier molecular flexibility index (Phi) is 7.57. The highest BCUT2D eigenvalue weighted by Gasteiger charge is 2.30. The predicted octanol–water partition coefficient (Wildman–Crippen LogP) is 3.57. The fourth-order valence-electron chi connectivity index (χ4n) is 2.45. The fraction of sp³-hybridized carbons (Fsp3) is 0.300. The SMILES string of the molecule is CNCCCC(=O)Nc1ccc(CNC(=O)c2ccc(C(F)(F)F)cc2)cc1. The lowest BCUT2D eigenvalue weighted by atomic mass is 10.1. The number of carbonyl (C=O) groups excluding carboxylic acids is 2. The molecule has 0 heterocycles.